The summed E-state index contributed by atoms with van der Waals surface area (Å²) in [5.74, 6) is 0. The van der Waals surface area contributed by atoms with Crippen molar-refractivity contribution < 1.29 is 0 Å². The zero-order valence-electron chi connectivity index (χ0n) is 16.9. The number of anilines is 1. The standard InChI is InChI=1S/C25H27ClN4/c26-19-14-12-17(13-15-19)16-29-22-10-4-3-9-21(22)24(27)30(25(29)28)23-11-5-7-18-6-1-2-8-20(18)23/h1-4,6,8-10,12-15,23-25H,5,7,11,16,27-28H2. The van der Waals surface area contributed by atoms with Gasteiger partial charge in [-0.05, 0) is 54.2 Å². The van der Waals surface area contributed by atoms with Gasteiger partial charge in [0.15, 0.2) is 0 Å². The predicted octanol–water partition coefficient (Wildman–Crippen LogP) is 4.94. The Morgan fingerprint density at radius 2 is 1.57 bits per heavy atom. The molecule has 0 saturated carbocycles. The molecule has 1 aliphatic heterocycles. The lowest BCUT2D eigenvalue weighted by Crippen LogP contribution is -2.61. The van der Waals surface area contributed by atoms with E-state index >= 15 is 0 Å². The summed E-state index contributed by atoms with van der Waals surface area (Å²) < 4.78 is 0. The molecule has 5 rings (SSSR count). The molecule has 1 heterocycles. The van der Waals surface area contributed by atoms with Crippen LogP contribution in [0, 0.1) is 0 Å². The molecule has 0 saturated heterocycles. The molecule has 3 atom stereocenters. The van der Waals surface area contributed by atoms with E-state index in [0.29, 0.717) is 6.54 Å². The van der Waals surface area contributed by atoms with Crippen molar-refractivity contribution in [1.29, 1.82) is 0 Å². The highest BCUT2D eigenvalue weighted by Crippen LogP contribution is 2.44. The van der Waals surface area contributed by atoms with Crippen LogP contribution in [0.3, 0.4) is 0 Å². The number of hydrogen-bond acceptors (Lipinski definition) is 4. The Labute approximate surface area is 183 Å². The van der Waals surface area contributed by atoms with Gasteiger partial charge in [0.2, 0.25) is 0 Å². The van der Waals surface area contributed by atoms with Gasteiger partial charge in [-0.1, -0.05) is 66.2 Å². The second kappa shape index (κ2) is 8.05. The summed E-state index contributed by atoms with van der Waals surface area (Å²) in [5, 5.41) is 0.740. The third kappa shape index (κ3) is 3.40. The molecule has 3 aromatic carbocycles. The first-order valence-corrected chi connectivity index (χ1v) is 11.0. The molecule has 0 bridgehead atoms. The summed E-state index contributed by atoms with van der Waals surface area (Å²) in [6, 6.07) is 25.3. The fourth-order valence-corrected chi connectivity index (χ4v) is 5.14. The second-order valence-electron chi connectivity index (χ2n) is 8.23. The first kappa shape index (κ1) is 19.6. The average Bonchev–Trinajstić information content (AvgIpc) is 2.78. The van der Waals surface area contributed by atoms with Crippen molar-refractivity contribution in [2.24, 2.45) is 11.5 Å². The fourth-order valence-electron chi connectivity index (χ4n) is 5.01. The van der Waals surface area contributed by atoms with Crippen LogP contribution in [0.4, 0.5) is 5.69 Å². The summed E-state index contributed by atoms with van der Waals surface area (Å²) in [4.78, 5) is 4.56. The molecular formula is C25H27ClN4. The number of halogens is 1. The highest BCUT2D eigenvalue weighted by atomic mass is 35.5. The Morgan fingerprint density at radius 1 is 0.867 bits per heavy atom. The molecular weight excluding hydrogens is 392 g/mol. The minimum absolute atomic E-state index is 0.209. The van der Waals surface area contributed by atoms with Gasteiger partial charge < -0.3 is 10.6 Å². The van der Waals surface area contributed by atoms with E-state index < -0.39 is 0 Å². The van der Waals surface area contributed by atoms with Crippen LogP contribution in [0.15, 0.2) is 72.8 Å². The second-order valence-corrected chi connectivity index (χ2v) is 8.66. The molecule has 0 spiro atoms. The van der Waals surface area contributed by atoms with E-state index in [9.17, 15) is 0 Å². The molecule has 0 aromatic heterocycles. The molecule has 154 valence electrons. The number of nitrogens with two attached hydrogens (primary N) is 2. The first-order chi connectivity index (χ1) is 14.6. The van der Waals surface area contributed by atoms with Gasteiger partial charge in [0, 0.05) is 28.9 Å². The molecule has 5 heteroatoms. The Bertz CT molecular complexity index is 1040. The smallest absolute Gasteiger partial charge is 0.137 e. The van der Waals surface area contributed by atoms with Crippen LogP contribution in [0.2, 0.25) is 5.02 Å². The maximum absolute atomic E-state index is 6.94. The topological polar surface area (TPSA) is 58.5 Å². The van der Waals surface area contributed by atoms with Crippen LogP contribution in [-0.2, 0) is 13.0 Å². The van der Waals surface area contributed by atoms with E-state index in [2.05, 4.69) is 70.5 Å². The number of para-hydroxylation sites is 1. The lowest BCUT2D eigenvalue weighted by Gasteiger charge is -2.51. The SMILES string of the molecule is NC1c2ccccc2N(Cc2ccc(Cl)cc2)C(N)N1C1CCCc2ccccc21. The van der Waals surface area contributed by atoms with Gasteiger partial charge in [-0.15, -0.1) is 0 Å². The largest absolute Gasteiger partial charge is 0.339 e. The van der Waals surface area contributed by atoms with Gasteiger partial charge in [-0.25, -0.2) is 4.90 Å². The van der Waals surface area contributed by atoms with Gasteiger partial charge in [-0.2, -0.15) is 0 Å². The van der Waals surface area contributed by atoms with Crippen molar-refractivity contribution >= 4 is 17.3 Å². The summed E-state index contributed by atoms with van der Waals surface area (Å²) in [6.07, 6.45) is 2.78. The molecule has 2 aliphatic rings. The molecule has 4 nitrogen and oxygen atoms in total. The van der Waals surface area contributed by atoms with Crippen LogP contribution < -0.4 is 16.4 Å². The fraction of sp³-hybridized carbons (Fsp3) is 0.280. The van der Waals surface area contributed by atoms with Crippen LogP contribution in [0.1, 0.15) is 47.3 Å². The highest BCUT2D eigenvalue weighted by Gasteiger charge is 2.40. The van der Waals surface area contributed by atoms with Gasteiger partial charge in [0.05, 0.1) is 6.17 Å². The lowest BCUT2D eigenvalue weighted by molar-refractivity contribution is 0.0578. The quantitative estimate of drug-likeness (QED) is 0.632. The summed E-state index contributed by atoms with van der Waals surface area (Å²) in [6.45, 7) is 0.701. The molecule has 30 heavy (non-hydrogen) atoms. The molecule has 0 fully saturated rings. The lowest BCUT2D eigenvalue weighted by atomic mass is 9.85. The number of rotatable bonds is 3. The van der Waals surface area contributed by atoms with Crippen molar-refractivity contribution in [2.45, 2.75) is 44.3 Å². The zero-order chi connectivity index (χ0) is 20.7. The average molecular weight is 419 g/mol. The zero-order valence-corrected chi connectivity index (χ0v) is 17.7. The maximum Gasteiger partial charge on any atom is 0.137 e. The van der Waals surface area contributed by atoms with E-state index in [4.69, 9.17) is 23.1 Å². The van der Waals surface area contributed by atoms with Crippen LogP contribution in [0.5, 0.6) is 0 Å². The normalized spacial score (nSPS) is 23.7. The summed E-state index contributed by atoms with van der Waals surface area (Å²) in [5.41, 5.74) is 20.0. The third-order valence-corrected chi connectivity index (χ3v) is 6.73. The Balaban J connectivity index is 1.56. The van der Waals surface area contributed by atoms with Crippen LogP contribution in [-0.4, -0.2) is 11.2 Å². The number of nitrogens with zero attached hydrogens (tertiary/aromatic N) is 2. The van der Waals surface area contributed by atoms with Crippen molar-refractivity contribution in [3.05, 3.63) is 100 Å². The highest BCUT2D eigenvalue weighted by molar-refractivity contribution is 6.30. The molecule has 1 aliphatic carbocycles. The van der Waals surface area contributed by atoms with E-state index in [-0.39, 0.29) is 18.5 Å². The number of benzene rings is 3. The van der Waals surface area contributed by atoms with E-state index in [1.54, 1.807) is 0 Å². The van der Waals surface area contributed by atoms with Gasteiger partial charge >= 0.3 is 0 Å². The van der Waals surface area contributed by atoms with Crippen molar-refractivity contribution in [1.82, 2.24) is 4.90 Å². The number of fused-ring (bicyclic) bond motifs is 2. The summed E-state index contributed by atoms with van der Waals surface area (Å²) >= 11 is 6.09. The first-order valence-electron chi connectivity index (χ1n) is 10.6. The molecule has 3 unspecified atom stereocenters. The predicted molar refractivity (Wildman–Crippen MR) is 123 cm³/mol. The number of aryl methyl sites for hydroxylation is 1. The van der Waals surface area contributed by atoms with Gasteiger partial charge in [0.25, 0.3) is 0 Å². The van der Waals surface area contributed by atoms with E-state index in [0.717, 1.165) is 35.5 Å². The molecule has 4 N–H and O–H groups in total. The van der Waals surface area contributed by atoms with Crippen LogP contribution >= 0.6 is 11.6 Å². The number of hydrogen-bond donors (Lipinski definition) is 2. The minimum atomic E-state index is -0.318. The monoisotopic (exact) mass is 418 g/mol. The molecule has 3 aromatic rings. The van der Waals surface area contributed by atoms with E-state index in [1.165, 1.54) is 16.7 Å². The maximum atomic E-state index is 6.94. The van der Waals surface area contributed by atoms with Crippen molar-refractivity contribution in [2.75, 3.05) is 4.90 Å². The van der Waals surface area contributed by atoms with Gasteiger partial charge in [0.1, 0.15) is 6.29 Å². The van der Waals surface area contributed by atoms with Crippen molar-refractivity contribution in [3.63, 3.8) is 0 Å². The molecule has 0 amide bonds. The Kier molecular flexibility index (Phi) is 5.25. The van der Waals surface area contributed by atoms with Gasteiger partial charge in [-0.3, -0.25) is 5.73 Å². The summed E-state index contributed by atoms with van der Waals surface area (Å²) in [7, 11) is 0. The Morgan fingerprint density at radius 3 is 2.37 bits per heavy atom. The minimum Gasteiger partial charge on any atom is -0.339 e. The van der Waals surface area contributed by atoms with Crippen LogP contribution in [0.25, 0.3) is 0 Å². The molecule has 0 radical (unpaired) electrons. The van der Waals surface area contributed by atoms with E-state index in [1.807, 2.05) is 12.1 Å². The third-order valence-electron chi connectivity index (χ3n) is 6.47. The van der Waals surface area contributed by atoms with Crippen molar-refractivity contribution in [3.8, 4) is 0 Å². The Hall–Kier alpha value is -2.37.